The summed E-state index contributed by atoms with van der Waals surface area (Å²) in [6.45, 7) is 4.09. The summed E-state index contributed by atoms with van der Waals surface area (Å²) in [7, 11) is 2.01. The van der Waals surface area contributed by atoms with E-state index in [1.807, 2.05) is 50.5 Å². The number of benzene rings is 2. The van der Waals surface area contributed by atoms with Crippen molar-refractivity contribution in [2.45, 2.75) is 13.8 Å². The highest BCUT2D eigenvalue weighted by molar-refractivity contribution is 8.18. The Hall–Kier alpha value is -2.79. The smallest absolute Gasteiger partial charge is 0.264 e. The number of nitrogens with one attached hydrogen (secondary N) is 1. The first kappa shape index (κ1) is 16.7. The maximum atomic E-state index is 12.4. The van der Waals surface area contributed by atoms with E-state index >= 15 is 0 Å². The van der Waals surface area contributed by atoms with Crippen LogP contribution in [-0.2, 0) is 11.8 Å². The Kier molecular flexibility index (Phi) is 4.17. The fourth-order valence-electron chi connectivity index (χ4n) is 3.15. The number of aliphatic imine (C=N–C) groups is 1. The Balaban J connectivity index is 1.67. The van der Waals surface area contributed by atoms with Gasteiger partial charge in [-0.2, -0.15) is 0 Å². The summed E-state index contributed by atoms with van der Waals surface area (Å²) >= 11 is 1.38. The molecule has 0 saturated carbocycles. The Morgan fingerprint density at radius 2 is 1.96 bits per heavy atom. The molecule has 1 aliphatic rings. The van der Waals surface area contributed by atoms with Gasteiger partial charge in [-0.25, -0.2) is 4.99 Å². The summed E-state index contributed by atoms with van der Waals surface area (Å²) in [5.74, 6) is -0.105. The number of carbonyl (C=O) groups excluding carboxylic acids is 1. The number of thioether (sulfide) groups is 1. The molecule has 0 radical (unpaired) electrons. The number of nitrogens with zero attached hydrogens (tertiary/aromatic N) is 2. The Bertz CT molecular complexity index is 1090. The van der Waals surface area contributed by atoms with Crippen LogP contribution in [0.5, 0.6) is 0 Å². The summed E-state index contributed by atoms with van der Waals surface area (Å²) in [5, 5.41) is 4.62. The molecule has 0 aliphatic carbocycles. The minimum Gasteiger partial charge on any atom is -0.350 e. The lowest BCUT2D eigenvalue weighted by Gasteiger charge is -2.02. The standard InChI is InChI=1S/C21H19N3OS/c1-13-8-9-17(14(2)10-13)22-21-23-20(25)19(26-21)11-15-12-24(3)18-7-5-4-6-16(15)18/h4-12H,1-3H3,(H,22,23,25). The van der Waals surface area contributed by atoms with Crippen LogP contribution < -0.4 is 5.32 Å². The summed E-state index contributed by atoms with van der Waals surface area (Å²) in [6, 6.07) is 14.3. The zero-order chi connectivity index (χ0) is 18.3. The van der Waals surface area contributed by atoms with Crippen LogP contribution >= 0.6 is 11.8 Å². The summed E-state index contributed by atoms with van der Waals surface area (Å²) in [5.41, 5.74) is 5.36. The van der Waals surface area contributed by atoms with E-state index in [2.05, 4.69) is 40.0 Å². The van der Waals surface area contributed by atoms with Crippen LogP contribution in [0.2, 0.25) is 0 Å². The molecule has 1 aromatic heterocycles. The molecular formula is C21H19N3OS. The van der Waals surface area contributed by atoms with E-state index in [1.54, 1.807) is 0 Å². The first-order valence-corrected chi connectivity index (χ1v) is 9.24. The van der Waals surface area contributed by atoms with Crippen molar-refractivity contribution in [2.24, 2.45) is 12.0 Å². The number of rotatable bonds is 2. The van der Waals surface area contributed by atoms with Gasteiger partial charge in [0.1, 0.15) is 0 Å². The maximum Gasteiger partial charge on any atom is 0.264 e. The van der Waals surface area contributed by atoms with Gasteiger partial charge in [0.15, 0.2) is 5.17 Å². The average molecular weight is 361 g/mol. The Morgan fingerprint density at radius 3 is 2.77 bits per heavy atom. The molecule has 0 bridgehead atoms. The van der Waals surface area contributed by atoms with Crippen molar-refractivity contribution < 1.29 is 4.79 Å². The third-order valence-electron chi connectivity index (χ3n) is 4.44. The number of amides is 1. The van der Waals surface area contributed by atoms with Gasteiger partial charge < -0.3 is 9.88 Å². The zero-order valence-corrected chi connectivity index (χ0v) is 15.7. The van der Waals surface area contributed by atoms with Gasteiger partial charge in [0.25, 0.3) is 5.91 Å². The molecule has 1 amide bonds. The fourth-order valence-corrected chi connectivity index (χ4v) is 3.98. The molecule has 4 rings (SSSR count). The van der Waals surface area contributed by atoms with Crippen molar-refractivity contribution in [3.8, 4) is 0 Å². The quantitative estimate of drug-likeness (QED) is 0.673. The van der Waals surface area contributed by atoms with Gasteiger partial charge >= 0.3 is 0 Å². The van der Waals surface area contributed by atoms with Crippen LogP contribution in [0, 0.1) is 13.8 Å². The molecule has 5 heteroatoms. The van der Waals surface area contributed by atoms with Crippen molar-refractivity contribution in [3.63, 3.8) is 0 Å². The normalized spacial score (nSPS) is 17.4. The number of para-hydroxylation sites is 1. The molecule has 0 unspecified atom stereocenters. The van der Waals surface area contributed by atoms with E-state index in [9.17, 15) is 4.79 Å². The van der Waals surface area contributed by atoms with Crippen molar-refractivity contribution in [3.05, 3.63) is 70.3 Å². The molecule has 26 heavy (non-hydrogen) atoms. The second-order valence-electron chi connectivity index (χ2n) is 6.48. The van der Waals surface area contributed by atoms with Crippen LogP contribution in [0.15, 0.2) is 58.6 Å². The molecule has 2 heterocycles. The van der Waals surface area contributed by atoms with E-state index in [0.717, 1.165) is 27.7 Å². The lowest BCUT2D eigenvalue weighted by atomic mass is 10.1. The molecule has 0 atom stereocenters. The van der Waals surface area contributed by atoms with Gasteiger partial charge in [0.05, 0.1) is 10.6 Å². The zero-order valence-electron chi connectivity index (χ0n) is 14.9. The van der Waals surface area contributed by atoms with Gasteiger partial charge in [0.2, 0.25) is 0 Å². The third-order valence-corrected chi connectivity index (χ3v) is 5.35. The van der Waals surface area contributed by atoms with Gasteiger partial charge in [-0.1, -0.05) is 35.9 Å². The maximum absolute atomic E-state index is 12.4. The van der Waals surface area contributed by atoms with Crippen molar-refractivity contribution >= 4 is 45.5 Å². The van der Waals surface area contributed by atoms with Gasteiger partial charge in [-0.05, 0) is 49.4 Å². The number of aryl methyl sites for hydroxylation is 3. The Morgan fingerprint density at radius 1 is 1.15 bits per heavy atom. The molecule has 4 nitrogen and oxygen atoms in total. The second kappa shape index (κ2) is 6.50. The lowest BCUT2D eigenvalue weighted by Crippen LogP contribution is -2.19. The second-order valence-corrected chi connectivity index (χ2v) is 7.51. The van der Waals surface area contributed by atoms with Crippen LogP contribution in [0.4, 0.5) is 5.69 Å². The van der Waals surface area contributed by atoms with E-state index in [0.29, 0.717) is 10.1 Å². The molecule has 0 spiro atoms. The van der Waals surface area contributed by atoms with Gasteiger partial charge in [0, 0.05) is 29.7 Å². The molecule has 1 fully saturated rings. The van der Waals surface area contributed by atoms with E-state index < -0.39 is 0 Å². The van der Waals surface area contributed by atoms with Gasteiger partial charge in [-0.15, -0.1) is 0 Å². The molecule has 3 aromatic rings. The average Bonchev–Trinajstić information content (AvgIpc) is 3.11. The summed E-state index contributed by atoms with van der Waals surface area (Å²) in [4.78, 5) is 17.6. The SMILES string of the molecule is Cc1ccc(N=C2NC(=O)C(=Cc3cn(C)c4ccccc34)S2)c(C)c1. The lowest BCUT2D eigenvalue weighted by molar-refractivity contribution is -0.115. The van der Waals surface area contributed by atoms with Crippen LogP contribution in [0.3, 0.4) is 0 Å². The van der Waals surface area contributed by atoms with Crippen molar-refractivity contribution in [2.75, 3.05) is 0 Å². The molecule has 2 aromatic carbocycles. The minimum absolute atomic E-state index is 0.105. The van der Waals surface area contributed by atoms with E-state index in [1.165, 1.54) is 17.3 Å². The predicted octanol–water partition coefficient (Wildman–Crippen LogP) is 4.69. The van der Waals surface area contributed by atoms with Crippen LogP contribution in [-0.4, -0.2) is 15.6 Å². The highest BCUT2D eigenvalue weighted by atomic mass is 32.2. The van der Waals surface area contributed by atoms with Crippen molar-refractivity contribution in [1.82, 2.24) is 9.88 Å². The minimum atomic E-state index is -0.105. The summed E-state index contributed by atoms with van der Waals surface area (Å²) < 4.78 is 2.07. The molecule has 1 saturated heterocycles. The number of carbonyl (C=O) groups is 1. The fraction of sp³-hybridized carbons (Fsp3) is 0.143. The largest absolute Gasteiger partial charge is 0.350 e. The number of hydrogen-bond donors (Lipinski definition) is 1. The third kappa shape index (κ3) is 3.06. The highest BCUT2D eigenvalue weighted by Gasteiger charge is 2.24. The van der Waals surface area contributed by atoms with Gasteiger partial charge in [-0.3, -0.25) is 4.79 Å². The molecule has 1 aliphatic heterocycles. The topological polar surface area (TPSA) is 46.4 Å². The first-order chi connectivity index (χ1) is 12.5. The number of hydrogen-bond acceptors (Lipinski definition) is 3. The Labute approximate surface area is 156 Å². The van der Waals surface area contributed by atoms with E-state index in [-0.39, 0.29) is 5.91 Å². The number of fused-ring (bicyclic) bond motifs is 1. The van der Waals surface area contributed by atoms with E-state index in [4.69, 9.17) is 0 Å². The summed E-state index contributed by atoms with van der Waals surface area (Å²) in [6.07, 6.45) is 3.98. The van der Waals surface area contributed by atoms with Crippen LogP contribution in [0.25, 0.3) is 17.0 Å². The number of amidine groups is 1. The molecule has 130 valence electrons. The monoisotopic (exact) mass is 361 g/mol. The number of aromatic nitrogens is 1. The predicted molar refractivity (Wildman–Crippen MR) is 110 cm³/mol. The van der Waals surface area contributed by atoms with Crippen LogP contribution in [0.1, 0.15) is 16.7 Å². The molecular weight excluding hydrogens is 342 g/mol. The highest BCUT2D eigenvalue weighted by Crippen LogP contribution is 2.31. The molecule has 1 N–H and O–H groups in total. The first-order valence-electron chi connectivity index (χ1n) is 8.42. The van der Waals surface area contributed by atoms with Crippen molar-refractivity contribution in [1.29, 1.82) is 0 Å².